The first-order valence-electron chi connectivity index (χ1n) is 8.01. The van der Waals surface area contributed by atoms with Crippen molar-refractivity contribution in [3.8, 4) is 5.75 Å². The molecule has 0 saturated carbocycles. The zero-order valence-corrected chi connectivity index (χ0v) is 15.7. The van der Waals surface area contributed by atoms with Gasteiger partial charge in [-0.3, -0.25) is 4.79 Å². The number of rotatable bonds is 9. The summed E-state index contributed by atoms with van der Waals surface area (Å²) in [6, 6.07) is 15.0. The van der Waals surface area contributed by atoms with Crippen molar-refractivity contribution in [3.05, 3.63) is 64.1 Å². The molecule has 0 radical (unpaired) electrons. The van der Waals surface area contributed by atoms with E-state index in [9.17, 15) is 9.90 Å². The lowest BCUT2D eigenvalue weighted by Crippen LogP contribution is -2.26. The Kier molecular flexibility index (Phi) is 7.91. The zero-order valence-electron chi connectivity index (χ0n) is 14.1. The van der Waals surface area contributed by atoms with Crippen molar-refractivity contribution in [1.82, 2.24) is 5.32 Å². The van der Waals surface area contributed by atoms with Gasteiger partial charge >= 0.3 is 5.97 Å². The molecule has 0 aliphatic heterocycles. The van der Waals surface area contributed by atoms with Gasteiger partial charge in [0.25, 0.3) is 0 Å². The fourth-order valence-corrected chi connectivity index (χ4v) is 2.67. The molecule has 2 aromatic rings. The van der Waals surface area contributed by atoms with Gasteiger partial charge in [-0.05, 0) is 35.4 Å². The van der Waals surface area contributed by atoms with E-state index in [1.54, 1.807) is 0 Å². The number of carbonyl (C=O) groups is 1. The second kappa shape index (κ2) is 10.2. The summed E-state index contributed by atoms with van der Waals surface area (Å²) in [6.07, 6.45) is -0.304. The molecule has 0 aliphatic carbocycles. The third-order valence-electron chi connectivity index (χ3n) is 3.62. The van der Waals surface area contributed by atoms with Gasteiger partial charge in [-0.1, -0.05) is 40.2 Å². The van der Waals surface area contributed by atoms with Gasteiger partial charge in [0.05, 0.1) is 19.6 Å². The number of hydrogen-bond donors (Lipinski definition) is 2. The average Bonchev–Trinajstić information content (AvgIpc) is 2.62. The second-order valence-electron chi connectivity index (χ2n) is 5.52. The van der Waals surface area contributed by atoms with Crippen molar-refractivity contribution in [2.45, 2.75) is 12.5 Å². The SMILES string of the molecule is COC(=O)Cc1ccc(OCCNCC(O)c2cccc(Br)c2)cc1. The molecule has 134 valence electrons. The second-order valence-corrected chi connectivity index (χ2v) is 6.44. The number of nitrogens with one attached hydrogen (secondary N) is 1. The normalized spacial score (nSPS) is 11.8. The van der Waals surface area contributed by atoms with Crippen LogP contribution >= 0.6 is 15.9 Å². The molecule has 0 spiro atoms. The van der Waals surface area contributed by atoms with E-state index in [1.165, 1.54) is 7.11 Å². The molecule has 0 aromatic heterocycles. The molecule has 2 N–H and O–H groups in total. The maximum absolute atomic E-state index is 11.2. The van der Waals surface area contributed by atoms with Gasteiger partial charge in [-0.2, -0.15) is 0 Å². The lowest BCUT2D eigenvalue weighted by atomic mass is 10.1. The van der Waals surface area contributed by atoms with E-state index in [-0.39, 0.29) is 12.4 Å². The van der Waals surface area contributed by atoms with Crippen LogP contribution in [-0.2, 0) is 16.0 Å². The average molecular weight is 408 g/mol. The van der Waals surface area contributed by atoms with Crippen LogP contribution in [0.5, 0.6) is 5.75 Å². The minimum Gasteiger partial charge on any atom is -0.492 e. The Bertz CT molecular complexity index is 675. The van der Waals surface area contributed by atoms with E-state index in [1.807, 2.05) is 48.5 Å². The van der Waals surface area contributed by atoms with Crippen molar-refractivity contribution < 1.29 is 19.4 Å². The van der Waals surface area contributed by atoms with Gasteiger partial charge in [0.1, 0.15) is 12.4 Å². The highest BCUT2D eigenvalue weighted by Crippen LogP contribution is 2.17. The third-order valence-corrected chi connectivity index (χ3v) is 4.11. The van der Waals surface area contributed by atoms with E-state index in [2.05, 4.69) is 26.0 Å². The summed E-state index contributed by atoms with van der Waals surface area (Å²) in [6.45, 7) is 1.56. The largest absolute Gasteiger partial charge is 0.492 e. The van der Waals surface area contributed by atoms with Crippen LogP contribution in [0, 0.1) is 0 Å². The van der Waals surface area contributed by atoms with E-state index in [0.717, 1.165) is 21.3 Å². The zero-order chi connectivity index (χ0) is 18.1. The fourth-order valence-electron chi connectivity index (χ4n) is 2.25. The number of halogens is 1. The van der Waals surface area contributed by atoms with Crippen LogP contribution in [0.25, 0.3) is 0 Å². The predicted octanol–water partition coefficient (Wildman–Crippen LogP) is 2.87. The summed E-state index contributed by atoms with van der Waals surface area (Å²) < 4.78 is 11.2. The summed E-state index contributed by atoms with van der Waals surface area (Å²) in [5.41, 5.74) is 1.75. The minimum absolute atomic E-state index is 0.256. The van der Waals surface area contributed by atoms with Crippen molar-refractivity contribution in [2.24, 2.45) is 0 Å². The monoisotopic (exact) mass is 407 g/mol. The fraction of sp³-hybridized carbons (Fsp3) is 0.316. The number of esters is 1. The Morgan fingerprint density at radius 3 is 2.68 bits per heavy atom. The number of benzene rings is 2. The smallest absolute Gasteiger partial charge is 0.309 e. The molecule has 1 unspecified atom stereocenters. The van der Waals surface area contributed by atoms with Crippen molar-refractivity contribution >= 4 is 21.9 Å². The first kappa shape index (κ1) is 19.4. The Balaban J connectivity index is 1.66. The van der Waals surface area contributed by atoms with Crippen LogP contribution in [-0.4, -0.2) is 37.9 Å². The van der Waals surface area contributed by atoms with Crippen LogP contribution in [0.2, 0.25) is 0 Å². The molecular formula is C19H22BrNO4. The maximum atomic E-state index is 11.2. The highest BCUT2D eigenvalue weighted by atomic mass is 79.9. The van der Waals surface area contributed by atoms with Crippen LogP contribution < -0.4 is 10.1 Å². The topological polar surface area (TPSA) is 67.8 Å². The minimum atomic E-state index is -0.560. The molecule has 5 nitrogen and oxygen atoms in total. The Morgan fingerprint density at radius 2 is 2.00 bits per heavy atom. The number of ether oxygens (including phenoxy) is 2. The number of carbonyl (C=O) groups excluding carboxylic acids is 1. The molecule has 0 saturated heterocycles. The van der Waals surface area contributed by atoms with Gasteiger partial charge in [0, 0.05) is 17.6 Å². The van der Waals surface area contributed by atoms with Crippen LogP contribution in [0.4, 0.5) is 0 Å². The van der Waals surface area contributed by atoms with Gasteiger partial charge in [-0.25, -0.2) is 0 Å². The van der Waals surface area contributed by atoms with Crippen LogP contribution in [0.3, 0.4) is 0 Å². The van der Waals surface area contributed by atoms with E-state index >= 15 is 0 Å². The van der Waals surface area contributed by atoms with Crippen molar-refractivity contribution in [2.75, 3.05) is 26.8 Å². The first-order valence-corrected chi connectivity index (χ1v) is 8.80. The molecule has 0 bridgehead atoms. The summed E-state index contributed by atoms with van der Waals surface area (Å²) in [5.74, 6) is 0.477. The molecule has 0 amide bonds. The summed E-state index contributed by atoms with van der Waals surface area (Å²) in [5, 5.41) is 13.3. The Labute approximate surface area is 156 Å². The number of aliphatic hydroxyl groups is 1. The lowest BCUT2D eigenvalue weighted by Gasteiger charge is -2.13. The van der Waals surface area contributed by atoms with E-state index in [4.69, 9.17) is 4.74 Å². The van der Waals surface area contributed by atoms with E-state index < -0.39 is 6.10 Å². The van der Waals surface area contributed by atoms with Crippen LogP contribution in [0.15, 0.2) is 53.0 Å². The summed E-state index contributed by atoms with van der Waals surface area (Å²) in [4.78, 5) is 11.2. The third kappa shape index (κ3) is 6.86. The molecule has 25 heavy (non-hydrogen) atoms. The van der Waals surface area contributed by atoms with Crippen molar-refractivity contribution in [1.29, 1.82) is 0 Å². The quantitative estimate of drug-likeness (QED) is 0.494. The lowest BCUT2D eigenvalue weighted by molar-refractivity contribution is -0.139. The molecule has 2 aromatic carbocycles. The molecule has 6 heteroatoms. The van der Waals surface area contributed by atoms with E-state index in [0.29, 0.717) is 19.7 Å². The highest BCUT2D eigenvalue weighted by Gasteiger charge is 2.07. The Morgan fingerprint density at radius 1 is 1.24 bits per heavy atom. The highest BCUT2D eigenvalue weighted by molar-refractivity contribution is 9.10. The number of hydrogen-bond acceptors (Lipinski definition) is 5. The first-order chi connectivity index (χ1) is 12.1. The predicted molar refractivity (Wildman–Crippen MR) is 99.6 cm³/mol. The summed E-state index contributed by atoms with van der Waals surface area (Å²) in [7, 11) is 1.38. The molecule has 0 fully saturated rings. The maximum Gasteiger partial charge on any atom is 0.309 e. The molecule has 0 heterocycles. The van der Waals surface area contributed by atoms with Gasteiger partial charge in [0.2, 0.25) is 0 Å². The van der Waals surface area contributed by atoms with Gasteiger partial charge < -0.3 is 19.9 Å². The molecule has 0 aliphatic rings. The van der Waals surface area contributed by atoms with Crippen LogP contribution in [0.1, 0.15) is 17.2 Å². The molecule has 1 atom stereocenters. The van der Waals surface area contributed by atoms with Gasteiger partial charge in [0.15, 0.2) is 0 Å². The number of aliphatic hydroxyl groups excluding tert-OH is 1. The Hall–Kier alpha value is -1.89. The summed E-state index contributed by atoms with van der Waals surface area (Å²) >= 11 is 3.39. The number of methoxy groups -OCH3 is 1. The standard InChI is InChI=1S/C19H22BrNO4/c1-24-19(23)11-14-5-7-17(8-6-14)25-10-9-21-13-18(22)15-3-2-4-16(20)12-15/h2-8,12,18,21-22H,9-11,13H2,1H3. The van der Waals surface area contributed by atoms with Crippen molar-refractivity contribution in [3.63, 3.8) is 0 Å². The molecular weight excluding hydrogens is 386 g/mol. The molecule has 2 rings (SSSR count). The van der Waals surface area contributed by atoms with Gasteiger partial charge in [-0.15, -0.1) is 0 Å².